The highest BCUT2D eigenvalue weighted by Gasteiger charge is 2.16. The molecule has 0 spiro atoms. The van der Waals surface area contributed by atoms with Gasteiger partial charge in [0.2, 0.25) is 0 Å². The molecular formula is C21H22N2O2S. The van der Waals surface area contributed by atoms with Crippen LogP contribution in [0.4, 0.5) is 5.82 Å². The highest BCUT2D eigenvalue weighted by molar-refractivity contribution is 7.92. The van der Waals surface area contributed by atoms with E-state index >= 15 is 0 Å². The maximum atomic E-state index is 12.6. The number of sulfonamides is 1. The Bertz CT molecular complexity index is 1040. The van der Waals surface area contributed by atoms with E-state index in [9.17, 15) is 8.42 Å². The average Bonchev–Trinajstić information content (AvgIpc) is 2.57. The predicted octanol–water partition coefficient (Wildman–Crippen LogP) is 4.78. The number of pyridine rings is 1. The Kier molecular flexibility index (Phi) is 4.83. The number of nitrogens with one attached hydrogen (secondary N) is 1. The molecule has 1 aromatic heterocycles. The van der Waals surface area contributed by atoms with Gasteiger partial charge in [0.05, 0.1) is 10.6 Å². The van der Waals surface area contributed by atoms with E-state index in [0.29, 0.717) is 5.82 Å². The SMILES string of the molecule is Cc1cc(C)cc(-c2nc(NS(=O)(=O)c3ccccc3)cc(C)c2C)c1. The summed E-state index contributed by atoms with van der Waals surface area (Å²) < 4.78 is 27.8. The zero-order valence-corrected chi connectivity index (χ0v) is 16.2. The third-order valence-corrected chi connectivity index (χ3v) is 5.69. The quantitative estimate of drug-likeness (QED) is 0.723. The fourth-order valence-corrected chi connectivity index (χ4v) is 3.99. The van der Waals surface area contributed by atoms with E-state index in [4.69, 9.17) is 0 Å². The minimum atomic E-state index is -3.67. The van der Waals surface area contributed by atoms with E-state index < -0.39 is 10.0 Å². The Balaban J connectivity index is 2.06. The number of hydrogen-bond donors (Lipinski definition) is 1. The first kappa shape index (κ1) is 18.1. The monoisotopic (exact) mass is 366 g/mol. The van der Waals surface area contributed by atoms with Gasteiger partial charge in [-0.3, -0.25) is 4.72 Å². The van der Waals surface area contributed by atoms with E-state index in [-0.39, 0.29) is 4.90 Å². The summed E-state index contributed by atoms with van der Waals surface area (Å²) in [5.41, 5.74) is 6.10. The van der Waals surface area contributed by atoms with E-state index in [1.807, 2.05) is 27.7 Å². The van der Waals surface area contributed by atoms with Gasteiger partial charge < -0.3 is 0 Å². The van der Waals surface area contributed by atoms with Gasteiger partial charge in [0.15, 0.2) is 0 Å². The van der Waals surface area contributed by atoms with Crippen molar-refractivity contribution in [3.05, 3.63) is 76.9 Å². The third kappa shape index (κ3) is 3.78. The second-order valence-electron chi connectivity index (χ2n) is 6.59. The van der Waals surface area contributed by atoms with Crippen molar-refractivity contribution in [2.45, 2.75) is 32.6 Å². The Morgan fingerprint density at radius 1 is 0.846 bits per heavy atom. The average molecular weight is 366 g/mol. The Morgan fingerprint density at radius 3 is 2.08 bits per heavy atom. The zero-order valence-electron chi connectivity index (χ0n) is 15.4. The van der Waals surface area contributed by atoms with Crippen LogP contribution in [0, 0.1) is 27.7 Å². The van der Waals surface area contributed by atoms with Crippen molar-refractivity contribution in [1.82, 2.24) is 4.98 Å². The Hall–Kier alpha value is -2.66. The Morgan fingerprint density at radius 2 is 1.46 bits per heavy atom. The van der Waals surface area contributed by atoms with Crippen LogP contribution >= 0.6 is 0 Å². The van der Waals surface area contributed by atoms with Crippen molar-refractivity contribution >= 4 is 15.8 Å². The van der Waals surface area contributed by atoms with E-state index in [2.05, 4.69) is 27.9 Å². The predicted molar refractivity (Wildman–Crippen MR) is 106 cm³/mol. The fourth-order valence-electron chi connectivity index (χ4n) is 2.98. The summed E-state index contributed by atoms with van der Waals surface area (Å²) in [6.07, 6.45) is 0. The summed E-state index contributed by atoms with van der Waals surface area (Å²) in [7, 11) is -3.67. The lowest BCUT2D eigenvalue weighted by Crippen LogP contribution is -2.14. The number of aromatic nitrogens is 1. The molecule has 5 heteroatoms. The van der Waals surface area contributed by atoms with Crippen molar-refractivity contribution in [2.24, 2.45) is 0 Å². The van der Waals surface area contributed by atoms with Crippen molar-refractivity contribution in [1.29, 1.82) is 0 Å². The molecular weight excluding hydrogens is 344 g/mol. The summed E-state index contributed by atoms with van der Waals surface area (Å²) in [5, 5.41) is 0. The number of rotatable bonds is 4. The van der Waals surface area contributed by atoms with Gasteiger partial charge in [0.1, 0.15) is 5.82 Å². The molecule has 134 valence electrons. The van der Waals surface area contributed by atoms with Crippen LogP contribution in [0.15, 0.2) is 59.5 Å². The fraction of sp³-hybridized carbons (Fsp3) is 0.190. The van der Waals surface area contributed by atoms with Crippen LogP contribution in [-0.4, -0.2) is 13.4 Å². The van der Waals surface area contributed by atoms with Crippen LogP contribution in [0.1, 0.15) is 22.3 Å². The van der Waals surface area contributed by atoms with Gasteiger partial charge in [-0.15, -0.1) is 0 Å². The molecule has 1 N–H and O–H groups in total. The second-order valence-corrected chi connectivity index (χ2v) is 8.28. The zero-order chi connectivity index (χ0) is 18.9. The topological polar surface area (TPSA) is 59.1 Å². The molecule has 0 aliphatic carbocycles. The van der Waals surface area contributed by atoms with Gasteiger partial charge >= 0.3 is 0 Å². The number of nitrogens with zero attached hydrogens (tertiary/aromatic N) is 1. The lowest BCUT2D eigenvalue weighted by Gasteiger charge is -2.14. The second kappa shape index (κ2) is 6.92. The summed E-state index contributed by atoms with van der Waals surface area (Å²) in [4.78, 5) is 4.82. The summed E-state index contributed by atoms with van der Waals surface area (Å²) in [6, 6.07) is 16.3. The maximum absolute atomic E-state index is 12.6. The lowest BCUT2D eigenvalue weighted by atomic mass is 9.99. The van der Waals surface area contributed by atoms with Crippen LogP contribution in [0.3, 0.4) is 0 Å². The van der Waals surface area contributed by atoms with Gasteiger partial charge in [-0.1, -0.05) is 35.4 Å². The standard InChI is InChI=1S/C21H22N2O2S/c1-14-10-15(2)12-18(11-14)21-17(4)16(3)13-20(22-21)23-26(24,25)19-8-6-5-7-9-19/h5-13H,1-4H3,(H,22,23). The van der Waals surface area contributed by atoms with E-state index in [0.717, 1.165) is 33.5 Å². The summed E-state index contributed by atoms with van der Waals surface area (Å²) in [5.74, 6) is 0.325. The molecule has 0 amide bonds. The van der Waals surface area contributed by atoms with Crippen LogP contribution in [0.2, 0.25) is 0 Å². The number of benzene rings is 2. The highest BCUT2D eigenvalue weighted by Crippen LogP contribution is 2.28. The first-order chi connectivity index (χ1) is 12.3. The lowest BCUT2D eigenvalue weighted by molar-refractivity contribution is 0.601. The number of aryl methyl sites for hydroxylation is 3. The van der Waals surface area contributed by atoms with Crippen molar-refractivity contribution < 1.29 is 8.42 Å². The summed E-state index contributed by atoms with van der Waals surface area (Å²) in [6.45, 7) is 8.05. The third-order valence-electron chi connectivity index (χ3n) is 4.32. The van der Waals surface area contributed by atoms with Crippen LogP contribution in [0.5, 0.6) is 0 Å². The number of anilines is 1. The highest BCUT2D eigenvalue weighted by atomic mass is 32.2. The molecule has 0 radical (unpaired) electrons. The molecule has 0 atom stereocenters. The molecule has 0 unspecified atom stereocenters. The number of hydrogen-bond acceptors (Lipinski definition) is 3. The molecule has 0 saturated heterocycles. The first-order valence-corrected chi connectivity index (χ1v) is 9.89. The van der Waals surface area contributed by atoms with Crippen molar-refractivity contribution in [3.63, 3.8) is 0 Å². The molecule has 3 aromatic rings. The Labute approximate surface area is 155 Å². The van der Waals surface area contributed by atoms with Crippen molar-refractivity contribution in [3.8, 4) is 11.3 Å². The van der Waals surface area contributed by atoms with Crippen LogP contribution in [-0.2, 0) is 10.0 Å². The van der Waals surface area contributed by atoms with Gasteiger partial charge in [-0.2, -0.15) is 0 Å². The van der Waals surface area contributed by atoms with Crippen LogP contribution < -0.4 is 4.72 Å². The first-order valence-electron chi connectivity index (χ1n) is 8.41. The minimum absolute atomic E-state index is 0.216. The molecule has 0 saturated carbocycles. The van der Waals surface area contributed by atoms with Crippen LogP contribution in [0.25, 0.3) is 11.3 Å². The normalized spacial score (nSPS) is 11.4. The van der Waals surface area contributed by atoms with Gasteiger partial charge in [0.25, 0.3) is 10.0 Å². The summed E-state index contributed by atoms with van der Waals surface area (Å²) >= 11 is 0. The maximum Gasteiger partial charge on any atom is 0.263 e. The molecule has 3 rings (SSSR count). The van der Waals surface area contributed by atoms with Gasteiger partial charge in [-0.25, -0.2) is 13.4 Å². The molecule has 26 heavy (non-hydrogen) atoms. The van der Waals surface area contributed by atoms with E-state index in [1.165, 1.54) is 0 Å². The largest absolute Gasteiger partial charge is 0.263 e. The smallest absolute Gasteiger partial charge is 0.263 e. The molecule has 0 aliphatic rings. The van der Waals surface area contributed by atoms with Gasteiger partial charge in [-0.05, 0) is 69.2 Å². The molecule has 0 fully saturated rings. The molecule has 4 nitrogen and oxygen atoms in total. The molecule has 0 aliphatic heterocycles. The van der Waals surface area contributed by atoms with Crippen molar-refractivity contribution in [2.75, 3.05) is 4.72 Å². The molecule has 0 bridgehead atoms. The molecule has 2 aromatic carbocycles. The van der Waals surface area contributed by atoms with E-state index in [1.54, 1.807) is 36.4 Å². The minimum Gasteiger partial charge on any atom is -0.263 e. The van der Waals surface area contributed by atoms with Gasteiger partial charge in [0, 0.05) is 5.56 Å². The molecule has 1 heterocycles.